The molecule has 0 bridgehead atoms. The number of halogens is 3. The van der Waals surface area contributed by atoms with Crippen molar-refractivity contribution in [1.29, 1.82) is 5.26 Å². The van der Waals surface area contributed by atoms with Gasteiger partial charge in [0.05, 0.1) is 39.3 Å². The zero-order valence-corrected chi connectivity index (χ0v) is 14.3. The largest absolute Gasteiger partial charge is 0.294 e. The fourth-order valence-corrected chi connectivity index (χ4v) is 3.14. The Balaban J connectivity index is 2.31. The Labute approximate surface area is 145 Å². The highest BCUT2D eigenvalue weighted by Gasteiger charge is 2.14. The Hall–Kier alpha value is -1.29. The fraction of sp³-hybridized carbons (Fsp3) is 0.0667. The Bertz CT molecular complexity index is 880. The second-order valence-corrected chi connectivity index (χ2v) is 6.33. The highest BCUT2D eigenvalue weighted by Crippen LogP contribution is 2.29. The number of rotatable bonds is 2. The summed E-state index contributed by atoms with van der Waals surface area (Å²) in [5, 5.41) is 9.44. The number of nitrogens with zero attached hydrogens (tertiary/aromatic N) is 3. The molecule has 0 amide bonds. The summed E-state index contributed by atoms with van der Waals surface area (Å²) in [6.45, 7) is 0. The maximum absolute atomic E-state index is 8.94. The Morgan fingerprint density at radius 1 is 1.24 bits per heavy atom. The second kappa shape index (κ2) is 5.84. The SMILES string of the molecule is N#Cc1ccc(-n2c(CCl)nc3cc(I)ccc32)c(Cl)c1. The smallest absolute Gasteiger partial charge is 0.129 e. The predicted octanol–water partition coefficient (Wildman–Crippen LogP) is 4.89. The molecule has 104 valence electrons. The van der Waals surface area contributed by atoms with Crippen molar-refractivity contribution in [3.8, 4) is 11.8 Å². The first-order valence-corrected chi connectivity index (χ1v) is 8.06. The Morgan fingerprint density at radius 3 is 2.71 bits per heavy atom. The minimum absolute atomic E-state index is 0.279. The highest BCUT2D eigenvalue weighted by molar-refractivity contribution is 14.1. The molecule has 0 aliphatic rings. The van der Waals surface area contributed by atoms with Crippen LogP contribution in [0.1, 0.15) is 11.4 Å². The summed E-state index contributed by atoms with van der Waals surface area (Å²) in [5.74, 6) is 1.00. The van der Waals surface area contributed by atoms with Crippen LogP contribution in [0.5, 0.6) is 0 Å². The molecular formula is C15H8Cl2IN3. The van der Waals surface area contributed by atoms with Crippen LogP contribution in [0.4, 0.5) is 0 Å². The molecule has 0 fully saturated rings. The zero-order chi connectivity index (χ0) is 15.0. The van der Waals surface area contributed by atoms with Gasteiger partial charge in [-0.1, -0.05) is 11.6 Å². The highest BCUT2D eigenvalue weighted by atomic mass is 127. The lowest BCUT2D eigenvalue weighted by atomic mass is 10.2. The van der Waals surface area contributed by atoms with Crippen LogP contribution in [0.25, 0.3) is 16.7 Å². The summed E-state index contributed by atoms with van der Waals surface area (Å²) in [6, 6.07) is 13.3. The number of benzene rings is 2. The van der Waals surface area contributed by atoms with Crippen LogP contribution >= 0.6 is 45.8 Å². The molecule has 0 aliphatic heterocycles. The van der Waals surface area contributed by atoms with Gasteiger partial charge in [0.15, 0.2) is 0 Å². The minimum Gasteiger partial charge on any atom is -0.294 e. The number of imidazole rings is 1. The molecule has 0 unspecified atom stereocenters. The summed E-state index contributed by atoms with van der Waals surface area (Å²) in [6.07, 6.45) is 0. The third-order valence-corrected chi connectivity index (χ3v) is 4.34. The zero-order valence-electron chi connectivity index (χ0n) is 10.6. The van der Waals surface area contributed by atoms with Crippen molar-refractivity contribution in [1.82, 2.24) is 9.55 Å². The van der Waals surface area contributed by atoms with Crippen molar-refractivity contribution < 1.29 is 0 Å². The van der Waals surface area contributed by atoms with E-state index < -0.39 is 0 Å². The summed E-state index contributed by atoms with van der Waals surface area (Å²) in [7, 11) is 0. The Kier molecular flexibility index (Phi) is 4.07. The van der Waals surface area contributed by atoms with Crippen molar-refractivity contribution in [2.75, 3.05) is 0 Å². The van der Waals surface area contributed by atoms with Crippen LogP contribution < -0.4 is 0 Å². The van der Waals surface area contributed by atoms with Gasteiger partial charge in [0, 0.05) is 3.57 Å². The van der Waals surface area contributed by atoms with Gasteiger partial charge in [-0.25, -0.2) is 4.98 Å². The molecule has 21 heavy (non-hydrogen) atoms. The van der Waals surface area contributed by atoms with Gasteiger partial charge in [0.1, 0.15) is 5.82 Å². The fourth-order valence-electron chi connectivity index (χ4n) is 2.22. The quantitative estimate of drug-likeness (QED) is 0.431. The lowest BCUT2D eigenvalue weighted by molar-refractivity contribution is 0.982. The molecule has 3 rings (SSSR count). The van der Waals surface area contributed by atoms with Gasteiger partial charge in [0.2, 0.25) is 0 Å². The first-order valence-electron chi connectivity index (χ1n) is 6.07. The molecule has 1 aromatic heterocycles. The van der Waals surface area contributed by atoms with E-state index in [1.165, 1.54) is 0 Å². The normalized spacial score (nSPS) is 10.8. The molecule has 0 spiro atoms. The van der Waals surface area contributed by atoms with Crippen LogP contribution in [0.2, 0.25) is 5.02 Å². The van der Waals surface area contributed by atoms with E-state index in [1.807, 2.05) is 28.8 Å². The second-order valence-electron chi connectivity index (χ2n) is 4.41. The summed E-state index contributed by atoms with van der Waals surface area (Å²) in [5.41, 5.74) is 3.11. The first-order chi connectivity index (χ1) is 10.1. The molecule has 0 radical (unpaired) electrons. The van der Waals surface area contributed by atoms with Gasteiger partial charge in [-0.3, -0.25) is 4.57 Å². The summed E-state index contributed by atoms with van der Waals surface area (Å²) >= 11 is 14.6. The third-order valence-electron chi connectivity index (χ3n) is 3.12. The number of nitriles is 1. The van der Waals surface area contributed by atoms with E-state index in [4.69, 9.17) is 28.5 Å². The number of hydrogen-bond donors (Lipinski definition) is 0. The average molecular weight is 428 g/mol. The lowest BCUT2D eigenvalue weighted by Crippen LogP contribution is -2.00. The molecule has 0 atom stereocenters. The predicted molar refractivity (Wildman–Crippen MR) is 93.1 cm³/mol. The molecule has 2 aromatic carbocycles. The van der Waals surface area contributed by atoms with Crippen LogP contribution in [-0.4, -0.2) is 9.55 Å². The van der Waals surface area contributed by atoms with E-state index in [-0.39, 0.29) is 5.88 Å². The van der Waals surface area contributed by atoms with E-state index in [0.717, 1.165) is 26.1 Å². The molecule has 3 nitrogen and oxygen atoms in total. The molecule has 3 aromatic rings. The number of fused-ring (bicyclic) bond motifs is 1. The van der Waals surface area contributed by atoms with E-state index in [2.05, 4.69) is 33.6 Å². The van der Waals surface area contributed by atoms with Crippen molar-refractivity contribution in [3.05, 3.63) is 56.4 Å². The molecule has 6 heteroatoms. The minimum atomic E-state index is 0.279. The molecule has 0 N–H and O–H groups in total. The number of hydrogen-bond acceptors (Lipinski definition) is 2. The van der Waals surface area contributed by atoms with E-state index >= 15 is 0 Å². The van der Waals surface area contributed by atoms with Gasteiger partial charge in [-0.15, -0.1) is 11.6 Å². The van der Waals surface area contributed by atoms with Crippen molar-refractivity contribution >= 4 is 56.8 Å². The molecular weight excluding hydrogens is 420 g/mol. The lowest BCUT2D eigenvalue weighted by Gasteiger charge is -2.10. The summed E-state index contributed by atoms with van der Waals surface area (Å²) in [4.78, 5) is 4.55. The molecule has 0 saturated carbocycles. The Morgan fingerprint density at radius 2 is 2.05 bits per heavy atom. The van der Waals surface area contributed by atoms with E-state index in [9.17, 15) is 0 Å². The van der Waals surface area contributed by atoms with Gasteiger partial charge in [0.25, 0.3) is 0 Å². The van der Waals surface area contributed by atoms with Gasteiger partial charge in [-0.05, 0) is 59.0 Å². The molecule has 0 saturated heterocycles. The molecule has 0 aliphatic carbocycles. The maximum Gasteiger partial charge on any atom is 0.129 e. The van der Waals surface area contributed by atoms with Gasteiger partial charge < -0.3 is 0 Å². The van der Waals surface area contributed by atoms with Gasteiger partial charge >= 0.3 is 0 Å². The van der Waals surface area contributed by atoms with E-state index in [1.54, 1.807) is 12.1 Å². The van der Waals surface area contributed by atoms with Crippen LogP contribution in [0.3, 0.4) is 0 Å². The maximum atomic E-state index is 8.94. The number of aromatic nitrogens is 2. The molecule has 1 heterocycles. The van der Waals surface area contributed by atoms with Crippen molar-refractivity contribution in [3.63, 3.8) is 0 Å². The van der Waals surface area contributed by atoms with Gasteiger partial charge in [-0.2, -0.15) is 5.26 Å². The van der Waals surface area contributed by atoms with E-state index in [0.29, 0.717) is 10.6 Å². The van der Waals surface area contributed by atoms with Crippen molar-refractivity contribution in [2.24, 2.45) is 0 Å². The van der Waals surface area contributed by atoms with Crippen LogP contribution in [0, 0.1) is 14.9 Å². The standard InChI is InChI=1S/C15H8Cl2IN3/c16-7-15-20-12-6-10(18)2-4-14(12)21(15)13-3-1-9(8-19)5-11(13)17/h1-6H,7H2. The van der Waals surface area contributed by atoms with Crippen molar-refractivity contribution in [2.45, 2.75) is 5.88 Å². The summed E-state index contributed by atoms with van der Waals surface area (Å²) < 4.78 is 3.04. The van der Waals surface area contributed by atoms with Crippen LogP contribution in [0.15, 0.2) is 36.4 Å². The third kappa shape index (κ3) is 2.61. The van der Waals surface area contributed by atoms with Crippen LogP contribution in [-0.2, 0) is 5.88 Å². The monoisotopic (exact) mass is 427 g/mol. The topological polar surface area (TPSA) is 41.6 Å². The first kappa shape index (κ1) is 14.6. The average Bonchev–Trinajstić information content (AvgIpc) is 2.84. The number of alkyl halides is 1.